The number of aliphatic hydroxyl groups excluding tert-OH is 1. The third-order valence-electron chi connectivity index (χ3n) is 1.81. The van der Waals surface area contributed by atoms with Gasteiger partial charge in [-0.1, -0.05) is 17.7 Å². The summed E-state index contributed by atoms with van der Waals surface area (Å²) in [6.45, 7) is -0.273. The maximum atomic E-state index is 13.4. The van der Waals surface area contributed by atoms with Crippen LogP contribution >= 0.6 is 11.6 Å². The fourth-order valence-corrected chi connectivity index (χ4v) is 1.23. The van der Waals surface area contributed by atoms with Crippen molar-refractivity contribution >= 4 is 11.6 Å². The van der Waals surface area contributed by atoms with E-state index in [1.54, 1.807) is 0 Å². The van der Waals surface area contributed by atoms with Gasteiger partial charge in [-0.2, -0.15) is 4.98 Å². The first-order valence-electron chi connectivity index (χ1n) is 4.38. The lowest BCUT2D eigenvalue weighted by Crippen LogP contribution is -1.89. The first-order chi connectivity index (χ1) is 7.70. The highest BCUT2D eigenvalue weighted by molar-refractivity contribution is 6.30. The molecular weight excluding hydrogens is 237 g/mol. The maximum Gasteiger partial charge on any atom is 0.399 e. The molecule has 0 fully saturated rings. The summed E-state index contributed by atoms with van der Waals surface area (Å²) in [5, 5.41) is 8.69. The van der Waals surface area contributed by atoms with Crippen LogP contribution in [0.5, 0.6) is 11.8 Å². The molecule has 0 aliphatic carbocycles. The number of benzene rings is 1. The van der Waals surface area contributed by atoms with Crippen LogP contribution < -0.4 is 4.74 Å². The zero-order chi connectivity index (χ0) is 11.5. The highest BCUT2D eigenvalue weighted by atomic mass is 35.5. The highest BCUT2D eigenvalue weighted by Crippen LogP contribution is 2.28. The Bertz CT molecular complexity index is 501. The molecule has 0 radical (unpaired) electrons. The summed E-state index contributed by atoms with van der Waals surface area (Å²) in [4.78, 5) is 3.75. The monoisotopic (exact) mass is 243 g/mol. The molecule has 84 valence electrons. The molecule has 0 amide bonds. The standard InChI is InChI=1S/C10H7ClFNO3/c11-7-2-1-3-8(9(7)12)16-10-13-6(4-14)5-15-10/h1-3,5,14H,4H2. The summed E-state index contributed by atoms with van der Waals surface area (Å²) in [6, 6.07) is 4.33. The van der Waals surface area contributed by atoms with E-state index in [4.69, 9.17) is 25.9 Å². The molecule has 2 aromatic rings. The third-order valence-corrected chi connectivity index (χ3v) is 2.10. The fraction of sp³-hybridized carbons (Fsp3) is 0.100. The largest absolute Gasteiger partial charge is 0.417 e. The van der Waals surface area contributed by atoms with E-state index in [2.05, 4.69) is 4.98 Å². The Balaban J connectivity index is 2.23. The smallest absolute Gasteiger partial charge is 0.399 e. The van der Waals surface area contributed by atoms with Crippen LogP contribution in [0, 0.1) is 5.82 Å². The molecule has 0 saturated carbocycles. The zero-order valence-corrected chi connectivity index (χ0v) is 8.74. The minimum atomic E-state index is -0.687. The lowest BCUT2D eigenvalue weighted by Gasteiger charge is -2.02. The Morgan fingerprint density at radius 1 is 1.50 bits per heavy atom. The van der Waals surface area contributed by atoms with Crippen molar-refractivity contribution in [2.75, 3.05) is 0 Å². The van der Waals surface area contributed by atoms with Gasteiger partial charge >= 0.3 is 6.08 Å². The molecule has 6 heteroatoms. The van der Waals surface area contributed by atoms with E-state index in [1.165, 1.54) is 24.5 Å². The SMILES string of the molecule is OCc1coc(Oc2cccc(Cl)c2F)n1. The number of aliphatic hydroxyl groups is 1. The van der Waals surface area contributed by atoms with Gasteiger partial charge < -0.3 is 14.3 Å². The number of ether oxygens (including phenoxy) is 1. The number of aromatic nitrogens is 1. The molecule has 0 unspecified atom stereocenters. The number of nitrogens with zero attached hydrogens (tertiary/aromatic N) is 1. The van der Waals surface area contributed by atoms with Crippen molar-refractivity contribution in [3.05, 3.63) is 41.0 Å². The summed E-state index contributed by atoms with van der Waals surface area (Å²) < 4.78 is 23.3. The first kappa shape index (κ1) is 10.9. The van der Waals surface area contributed by atoms with Crippen LogP contribution in [0.2, 0.25) is 5.02 Å². The Morgan fingerprint density at radius 2 is 2.31 bits per heavy atom. The lowest BCUT2D eigenvalue weighted by atomic mass is 10.3. The van der Waals surface area contributed by atoms with Crippen LogP contribution in [0.15, 0.2) is 28.9 Å². The number of halogens is 2. The van der Waals surface area contributed by atoms with Crippen LogP contribution in [-0.4, -0.2) is 10.1 Å². The van der Waals surface area contributed by atoms with Gasteiger partial charge in [0, 0.05) is 0 Å². The van der Waals surface area contributed by atoms with E-state index < -0.39 is 5.82 Å². The quantitative estimate of drug-likeness (QED) is 0.901. The van der Waals surface area contributed by atoms with Gasteiger partial charge in [-0.3, -0.25) is 0 Å². The Labute approximate surface area is 95.2 Å². The maximum absolute atomic E-state index is 13.4. The number of hydrogen-bond acceptors (Lipinski definition) is 4. The topological polar surface area (TPSA) is 55.5 Å². The minimum Gasteiger partial charge on any atom is -0.417 e. The van der Waals surface area contributed by atoms with E-state index >= 15 is 0 Å². The molecule has 0 aliphatic heterocycles. The van der Waals surface area contributed by atoms with Gasteiger partial charge in [-0.15, -0.1) is 0 Å². The molecule has 16 heavy (non-hydrogen) atoms. The summed E-state index contributed by atoms with van der Waals surface area (Å²) >= 11 is 5.57. The van der Waals surface area contributed by atoms with E-state index in [1.807, 2.05) is 0 Å². The van der Waals surface area contributed by atoms with Gasteiger partial charge in [-0.05, 0) is 12.1 Å². The number of rotatable bonds is 3. The summed E-state index contributed by atoms with van der Waals surface area (Å²) in [6.07, 6.45) is 1.07. The van der Waals surface area contributed by atoms with Crippen LogP contribution in [-0.2, 0) is 6.61 Å². The second-order valence-corrected chi connectivity index (χ2v) is 3.32. The van der Waals surface area contributed by atoms with Gasteiger partial charge in [0.1, 0.15) is 12.0 Å². The van der Waals surface area contributed by atoms with E-state index in [9.17, 15) is 4.39 Å². The summed E-state index contributed by atoms with van der Waals surface area (Å²) in [5.74, 6) is -0.772. The number of oxazole rings is 1. The molecule has 1 heterocycles. The second kappa shape index (κ2) is 4.51. The first-order valence-corrected chi connectivity index (χ1v) is 4.75. The normalized spacial score (nSPS) is 10.4. The Kier molecular flexibility index (Phi) is 3.07. The molecule has 0 aliphatic rings. The Morgan fingerprint density at radius 3 is 3.00 bits per heavy atom. The van der Waals surface area contributed by atoms with Gasteiger partial charge in [-0.25, -0.2) is 4.39 Å². The molecule has 0 atom stereocenters. The molecule has 0 saturated heterocycles. The Hall–Kier alpha value is -1.59. The molecule has 0 spiro atoms. The third kappa shape index (κ3) is 2.15. The predicted octanol–water partition coefficient (Wildman–Crippen LogP) is 2.75. The van der Waals surface area contributed by atoms with E-state index in [0.717, 1.165) is 0 Å². The molecule has 4 nitrogen and oxygen atoms in total. The van der Waals surface area contributed by atoms with E-state index in [-0.39, 0.29) is 23.5 Å². The van der Waals surface area contributed by atoms with Crippen molar-refractivity contribution in [2.24, 2.45) is 0 Å². The van der Waals surface area contributed by atoms with Gasteiger partial charge in [0.2, 0.25) is 0 Å². The van der Waals surface area contributed by atoms with Crippen molar-refractivity contribution < 1.29 is 18.7 Å². The minimum absolute atomic E-state index is 0.0496. The average molecular weight is 244 g/mol. The van der Waals surface area contributed by atoms with E-state index in [0.29, 0.717) is 5.69 Å². The summed E-state index contributed by atoms with van der Waals surface area (Å²) in [7, 11) is 0. The fourth-order valence-electron chi connectivity index (χ4n) is 1.06. The van der Waals surface area contributed by atoms with Gasteiger partial charge in [0.25, 0.3) is 0 Å². The molecule has 1 N–H and O–H groups in total. The van der Waals surface area contributed by atoms with Crippen LogP contribution in [0.1, 0.15) is 5.69 Å². The van der Waals surface area contributed by atoms with Crippen molar-refractivity contribution in [3.8, 4) is 11.8 Å². The molecule has 1 aromatic carbocycles. The summed E-state index contributed by atoms with van der Waals surface area (Å²) in [5.41, 5.74) is 0.303. The number of hydrogen-bond donors (Lipinski definition) is 1. The second-order valence-electron chi connectivity index (χ2n) is 2.92. The molecule has 1 aromatic heterocycles. The van der Waals surface area contributed by atoms with Crippen LogP contribution in [0.3, 0.4) is 0 Å². The van der Waals surface area contributed by atoms with Gasteiger partial charge in [0.15, 0.2) is 11.6 Å². The van der Waals surface area contributed by atoms with Crippen molar-refractivity contribution in [3.63, 3.8) is 0 Å². The van der Waals surface area contributed by atoms with Crippen LogP contribution in [0.25, 0.3) is 0 Å². The van der Waals surface area contributed by atoms with Crippen molar-refractivity contribution in [1.29, 1.82) is 0 Å². The van der Waals surface area contributed by atoms with Gasteiger partial charge in [0.05, 0.1) is 11.6 Å². The van der Waals surface area contributed by atoms with Crippen molar-refractivity contribution in [1.82, 2.24) is 4.98 Å². The molecular formula is C10H7ClFNO3. The molecule has 0 bridgehead atoms. The van der Waals surface area contributed by atoms with Crippen LogP contribution in [0.4, 0.5) is 4.39 Å². The lowest BCUT2D eigenvalue weighted by molar-refractivity contribution is 0.276. The predicted molar refractivity (Wildman–Crippen MR) is 53.9 cm³/mol. The average Bonchev–Trinajstić information content (AvgIpc) is 2.73. The molecule has 2 rings (SSSR count). The zero-order valence-electron chi connectivity index (χ0n) is 7.98. The van der Waals surface area contributed by atoms with Crippen molar-refractivity contribution in [2.45, 2.75) is 6.61 Å². The highest BCUT2D eigenvalue weighted by Gasteiger charge is 2.11.